The van der Waals surface area contributed by atoms with Crippen LogP contribution in [-0.4, -0.2) is 71.7 Å². The van der Waals surface area contributed by atoms with Gasteiger partial charge in [-0.15, -0.1) is 0 Å². The average molecular weight is 389 g/mol. The SMILES string of the molecule is CC[C@H]1C[C@@H](C(F)(F)F)n2ncc(C(=O)NCC(C)N3CCOCC3)c2N1. The van der Waals surface area contributed by atoms with Crippen molar-refractivity contribution < 1.29 is 22.7 Å². The van der Waals surface area contributed by atoms with E-state index in [4.69, 9.17) is 4.74 Å². The van der Waals surface area contributed by atoms with Crippen LogP contribution in [0.4, 0.5) is 19.0 Å². The van der Waals surface area contributed by atoms with Crippen molar-refractivity contribution in [3.05, 3.63) is 11.8 Å². The highest BCUT2D eigenvalue weighted by Gasteiger charge is 2.46. The maximum absolute atomic E-state index is 13.4. The predicted octanol–water partition coefficient (Wildman–Crippen LogP) is 2.03. The number of amides is 1. The number of halogens is 3. The summed E-state index contributed by atoms with van der Waals surface area (Å²) in [7, 11) is 0. The number of ether oxygens (including phenoxy) is 1. The molecule has 27 heavy (non-hydrogen) atoms. The van der Waals surface area contributed by atoms with Gasteiger partial charge in [0.2, 0.25) is 0 Å². The smallest absolute Gasteiger partial charge is 0.379 e. The molecule has 7 nitrogen and oxygen atoms in total. The topological polar surface area (TPSA) is 71.4 Å². The molecular formula is C17H26F3N5O2. The van der Waals surface area contributed by atoms with Crippen LogP contribution in [0, 0.1) is 0 Å². The van der Waals surface area contributed by atoms with Crippen LogP contribution in [0.25, 0.3) is 0 Å². The molecule has 2 N–H and O–H groups in total. The van der Waals surface area contributed by atoms with Gasteiger partial charge in [-0.3, -0.25) is 9.69 Å². The molecule has 152 valence electrons. The van der Waals surface area contributed by atoms with Crippen LogP contribution in [0.15, 0.2) is 6.20 Å². The van der Waals surface area contributed by atoms with Gasteiger partial charge in [0.1, 0.15) is 11.4 Å². The molecule has 1 fully saturated rings. The van der Waals surface area contributed by atoms with Crippen molar-refractivity contribution in [1.82, 2.24) is 20.0 Å². The summed E-state index contributed by atoms with van der Waals surface area (Å²) in [6.07, 6.45) is -2.75. The molecule has 3 rings (SSSR count). The van der Waals surface area contributed by atoms with Gasteiger partial charge in [-0.05, 0) is 19.8 Å². The number of fused-ring (bicyclic) bond motifs is 1. The summed E-state index contributed by atoms with van der Waals surface area (Å²) in [6, 6.07) is -1.95. The number of hydrogen-bond acceptors (Lipinski definition) is 5. The molecule has 10 heteroatoms. The van der Waals surface area contributed by atoms with E-state index in [2.05, 4.69) is 20.6 Å². The van der Waals surface area contributed by atoms with Crippen LogP contribution in [0.2, 0.25) is 0 Å². The second-order valence-corrected chi connectivity index (χ2v) is 7.10. The zero-order chi connectivity index (χ0) is 19.6. The van der Waals surface area contributed by atoms with Gasteiger partial charge in [-0.2, -0.15) is 18.3 Å². The fraction of sp³-hybridized carbons (Fsp3) is 0.765. The fourth-order valence-electron chi connectivity index (χ4n) is 3.55. The first-order valence-electron chi connectivity index (χ1n) is 9.32. The highest BCUT2D eigenvalue weighted by Crippen LogP contribution is 2.40. The summed E-state index contributed by atoms with van der Waals surface area (Å²) in [6.45, 7) is 7.15. The quantitative estimate of drug-likeness (QED) is 0.806. The molecule has 0 aromatic carbocycles. The predicted molar refractivity (Wildman–Crippen MR) is 93.8 cm³/mol. The summed E-state index contributed by atoms with van der Waals surface area (Å²) in [5, 5.41) is 9.72. The Labute approximate surface area is 156 Å². The number of anilines is 1. The molecule has 0 aliphatic carbocycles. The highest BCUT2D eigenvalue weighted by atomic mass is 19.4. The van der Waals surface area contributed by atoms with Crippen LogP contribution in [-0.2, 0) is 4.74 Å². The molecule has 0 bridgehead atoms. The lowest BCUT2D eigenvalue weighted by molar-refractivity contribution is -0.173. The van der Waals surface area contributed by atoms with Crippen molar-refractivity contribution in [2.75, 3.05) is 38.2 Å². The molecular weight excluding hydrogens is 363 g/mol. The molecule has 1 unspecified atom stereocenters. The summed E-state index contributed by atoms with van der Waals surface area (Å²) in [5.41, 5.74) is 0.150. The molecule has 3 heterocycles. The highest BCUT2D eigenvalue weighted by molar-refractivity contribution is 5.98. The maximum Gasteiger partial charge on any atom is 0.410 e. The Morgan fingerprint density at radius 3 is 2.78 bits per heavy atom. The largest absolute Gasteiger partial charge is 0.410 e. The molecule has 1 amide bonds. The van der Waals surface area contributed by atoms with E-state index in [9.17, 15) is 18.0 Å². The van der Waals surface area contributed by atoms with Crippen LogP contribution in [0.5, 0.6) is 0 Å². The van der Waals surface area contributed by atoms with Gasteiger partial charge < -0.3 is 15.4 Å². The Morgan fingerprint density at radius 2 is 2.15 bits per heavy atom. The van der Waals surface area contributed by atoms with E-state index in [1.807, 2.05) is 13.8 Å². The summed E-state index contributed by atoms with van der Waals surface area (Å²) >= 11 is 0. The lowest BCUT2D eigenvalue weighted by Crippen LogP contribution is -2.47. The number of morpholine rings is 1. The summed E-state index contributed by atoms with van der Waals surface area (Å²) < 4.78 is 46.4. The van der Waals surface area contributed by atoms with E-state index in [1.165, 1.54) is 6.20 Å². The molecule has 2 aliphatic heterocycles. The fourth-order valence-corrected chi connectivity index (χ4v) is 3.55. The normalized spacial score (nSPS) is 24.8. The Kier molecular flexibility index (Phi) is 5.95. The first-order valence-corrected chi connectivity index (χ1v) is 9.32. The van der Waals surface area contributed by atoms with E-state index >= 15 is 0 Å². The van der Waals surface area contributed by atoms with Gasteiger partial charge >= 0.3 is 6.18 Å². The number of rotatable bonds is 5. The zero-order valence-corrected chi connectivity index (χ0v) is 15.6. The van der Waals surface area contributed by atoms with Gasteiger partial charge in [-0.1, -0.05) is 6.92 Å². The standard InChI is InChI=1S/C17H26F3N5O2/c1-3-12-8-14(17(18,19)20)25-15(23-12)13(10-22-25)16(26)21-9-11(2)24-4-6-27-7-5-24/h10-12,14,23H,3-9H2,1-2H3,(H,21,26)/t11?,12-,14-/m0/s1. The molecule has 3 atom stereocenters. The second kappa shape index (κ2) is 8.05. The van der Waals surface area contributed by atoms with Crippen molar-refractivity contribution in [3.8, 4) is 0 Å². The number of aromatic nitrogens is 2. The Bertz CT molecular complexity index is 657. The Balaban J connectivity index is 1.70. The van der Waals surface area contributed by atoms with Gasteiger partial charge in [0.15, 0.2) is 6.04 Å². The van der Waals surface area contributed by atoms with Gasteiger partial charge in [0, 0.05) is 31.7 Å². The molecule has 0 spiro atoms. The number of hydrogen-bond donors (Lipinski definition) is 2. The number of nitrogens with one attached hydrogen (secondary N) is 2. The van der Waals surface area contributed by atoms with Gasteiger partial charge in [0.25, 0.3) is 5.91 Å². The molecule has 0 saturated carbocycles. The molecule has 2 aliphatic rings. The number of alkyl halides is 3. The summed E-state index contributed by atoms with van der Waals surface area (Å²) in [4.78, 5) is 14.8. The Hall–Kier alpha value is -1.81. The molecule has 1 aromatic rings. The zero-order valence-electron chi connectivity index (χ0n) is 15.6. The maximum atomic E-state index is 13.4. The third-order valence-corrected chi connectivity index (χ3v) is 5.28. The second-order valence-electron chi connectivity index (χ2n) is 7.10. The first-order chi connectivity index (χ1) is 12.8. The Morgan fingerprint density at radius 1 is 1.44 bits per heavy atom. The number of carbonyl (C=O) groups is 1. The van der Waals surface area contributed by atoms with Crippen LogP contribution in [0.1, 0.15) is 43.1 Å². The first kappa shape index (κ1) is 19.9. The molecule has 1 aromatic heterocycles. The van der Waals surface area contributed by atoms with E-state index in [0.29, 0.717) is 26.2 Å². The molecule has 0 radical (unpaired) electrons. The van der Waals surface area contributed by atoms with Crippen molar-refractivity contribution in [2.24, 2.45) is 0 Å². The minimum absolute atomic E-state index is 0.0934. The van der Waals surface area contributed by atoms with Crippen LogP contribution in [0.3, 0.4) is 0 Å². The van der Waals surface area contributed by atoms with Gasteiger partial charge in [0.05, 0.1) is 19.4 Å². The van der Waals surface area contributed by atoms with Gasteiger partial charge in [-0.25, -0.2) is 4.68 Å². The van der Waals surface area contributed by atoms with E-state index in [1.54, 1.807) is 0 Å². The lowest BCUT2D eigenvalue weighted by atomic mass is 10.0. The molecule has 1 saturated heterocycles. The van der Waals surface area contributed by atoms with Crippen molar-refractivity contribution in [2.45, 2.75) is 51.0 Å². The number of nitrogens with zero attached hydrogens (tertiary/aromatic N) is 3. The average Bonchev–Trinajstić information content (AvgIpc) is 3.08. The minimum Gasteiger partial charge on any atom is -0.379 e. The van der Waals surface area contributed by atoms with Crippen molar-refractivity contribution in [3.63, 3.8) is 0 Å². The van der Waals surface area contributed by atoms with E-state index in [-0.39, 0.29) is 29.9 Å². The lowest BCUT2D eigenvalue weighted by Gasteiger charge is -2.33. The third kappa shape index (κ3) is 4.37. The van der Waals surface area contributed by atoms with E-state index < -0.39 is 18.1 Å². The van der Waals surface area contributed by atoms with Crippen LogP contribution >= 0.6 is 0 Å². The van der Waals surface area contributed by atoms with Crippen molar-refractivity contribution in [1.29, 1.82) is 0 Å². The minimum atomic E-state index is -4.41. The van der Waals surface area contributed by atoms with Crippen LogP contribution < -0.4 is 10.6 Å². The third-order valence-electron chi connectivity index (χ3n) is 5.28. The summed E-state index contributed by atoms with van der Waals surface area (Å²) in [5.74, 6) is -0.270. The monoisotopic (exact) mass is 389 g/mol. The van der Waals surface area contributed by atoms with E-state index in [0.717, 1.165) is 17.8 Å². The van der Waals surface area contributed by atoms with Crippen molar-refractivity contribution >= 4 is 11.7 Å². The number of carbonyl (C=O) groups excluding carboxylic acids is 1.